The molecular formula is C10H20BrNO2. The van der Waals surface area contributed by atoms with Crippen LogP contribution >= 0.6 is 15.9 Å². The van der Waals surface area contributed by atoms with E-state index in [1.54, 1.807) is 0 Å². The molecule has 0 aromatic carbocycles. The zero-order chi connectivity index (χ0) is 11.0. The number of hydrogen-bond acceptors (Lipinski definition) is 2. The molecule has 84 valence electrons. The van der Waals surface area contributed by atoms with E-state index in [9.17, 15) is 4.79 Å². The van der Waals surface area contributed by atoms with Gasteiger partial charge in [-0.15, -0.1) is 0 Å². The van der Waals surface area contributed by atoms with E-state index in [1.165, 1.54) is 0 Å². The van der Waals surface area contributed by atoms with Crippen molar-refractivity contribution in [1.29, 1.82) is 0 Å². The van der Waals surface area contributed by atoms with Crippen LogP contribution < -0.4 is 5.32 Å². The van der Waals surface area contributed by atoms with E-state index in [2.05, 4.69) is 21.2 Å². The van der Waals surface area contributed by atoms with Gasteiger partial charge in [0.2, 0.25) is 5.91 Å². The molecule has 0 aliphatic rings. The first-order valence-corrected chi connectivity index (χ1v) is 6.12. The predicted molar refractivity (Wildman–Crippen MR) is 61.6 cm³/mol. The highest BCUT2D eigenvalue weighted by atomic mass is 79.9. The SMILES string of the molecule is CC(C)(CCO)NC(=O)CCCCBr. The second-order valence-corrected chi connectivity index (χ2v) is 4.84. The smallest absolute Gasteiger partial charge is 0.220 e. The summed E-state index contributed by atoms with van der Waals surface area (Å²) in [6.07, 6.45) is 3.10. The Bertz CT molecular complexity index is 172. The fraction of sp³-hybridized carbons (Fsp3) is 0.900. The summed E-state index contributed by atoms with van der Waals surface area (Å²) in [5.74, 6) is 0.0735. The van der Waals surface area contributed by atoms with Crippen molar-refractivity contribution in [2.75, 3.05) is 11.9 Å². The molecule has 2 N–H and O–H groups in total. The molecule has 0 bridgehead atoms. The van der Waals surface area contributed by atoms with Gasteiger partial charge >= 0.3 is 0 Å². The summed E-state index contributed by atoms with van der Waals surface area (Å²) < 4.78 is 0. The standard InChI is InChI=1S/C10H20BrNO2/c1-10(2,6-8-13)12-9(14)5-3-4-7-11/h13H,3-8H2,1-2H3,(H,12,14). The number of carbonyl (C=O) groups excluding carboxylic acids is 1. The third kappa shape index (κ3) is 7.33. The topological polar surface area (TPSA) is 49.3 Å². The summed E-state index contributed by atoms with van der Waals surface area (Å²) >= 11 is 3.32. The number of hydrogen-bond donors (Lipinski definition) is 2. The van der Waals surface area contributed by atoms with E-state index >= 15 is 0 Å². The van der Waals surface area contributed by atoms with Crippen molar-refractivity contribution in [3.63, 3.8) is 0 Å². The van der Waals surface area contributed by atoms with E-state index in [0.29, 0.717) is 12.8 Å². The van der Waals surface area contributed by atoms with Gasteiger partial charge in [-0.3, -0.25) is 4.79 Å². The van der Waals surface area contributed by atoms with Gasteiger partial charge in [0.15, 0.2) is 0 Å². The monoisotopic (exact) mass is 265 g/mol. The lowest BCUT2D eigenvalue weighted by atomic mass is 10.0. The Morgan fingerprint density at radius 3 is 2.57 bits per heavy atom. The highest BCUT2D eigenvalue weighted by Gasteiger charge is 2.18. The quantitative estimate of drug-likeness (QED) is 0.545. The zero-order valence-corrected chi connectivity index (χ0v) is 10.6. The van der Waals surface area contributed by atoms with Crippen LogP contribution in [0.1, 0.15) is 39.5 Å². The van der Waals surface area contributed by atoms with E-state index in [-0.39, 0.29) is 18.1 Å². The number of aliphatic hydroxyl groups is 1. The molecule has 0 rings (SSSR count). The van der Waals surface area contributed by atoms with Crippen LogP contribution in [0.5, 0.6) is 0 Å². The number of alkyl halides is 1. The number of rotatable bonds is 7. The first kappa shape index (κ1) is 13.9. The van der Waals surface area contributed by atoms with Gasteiger partial charge in [-0.05, 0) is 33.1 Å². The summed E-state index contributed by atoms with van der Waals surface area (Å²) in [7, 11) is 0. The van der Waals surface area contributed by atoms with Crippen molar-refractivity contribution in [2.24, 2.45) is 0 Å². The number of amides is 1. The molecule has 0 heterocycles. The summed E-state index contributed by atoms with van der Waals surface area (Å²) in [4.78, 5) is 11.4. The van der Waals surface area contributed by atoms with Crippen LogP contribution in [0.25, 0.3) is 0 Å². The molecule has 3 nitrogen and oxygen atoms in total. The molecule has 0 spiro atoms. The Kier molecular flexibility index (Phi) is 7.19. The third-order valence-electron chi connectivity index (χ3n) is 2.00. The van der Waals surface area contributed by atoms with Gasteiger partial charge in [0, 0.05) is 23.9 Å². The minimum Gasteiger partial charge on any atom is -0.396 e. The Morgan fingerprint density at radius 2 is 2.07 bits per heavy atom. The molecule has 0 aromatic rings. The fourth-order valence-electron chi connectivity index (χ4n) is 1.16. The highest BCUT2D eigenvalue weighted by Crippen LogP contribution is 2.08. The van der Waals surface area contributed by atoms with Gasteiger partial charge in [-0.2, -0.15) is 0 Å². The Hall–Kier alpha value is -0.0900. The van der Waals surface area contributed by atoms with Crippen LogP contribution in [0.3, 0.4) is 0 Å². The fourth-order valence-corrected chi connectivity index (χ4v) is 1.56. The maximum Gasteiger partial charge on any atom is 0.220 e. The number of aliphatic hydroxyl groups excluding tert-OH is 1. The molecule has 0 aromatic heterocycles. The zero-order valence-electron chi connectivity index (χ0n) is 8.98. The van der Waals surface area contributed by atoms with Gasteiger partial charge in [0.25, 0.3) is 0 Å². The lowest BCUT2D eigenvalue weighted by molar-refractivity contribution is -0.122. The summed E-state index contributed by atoms with van der Waals surface area (Å²) in [5, 5.41) is 12.6. The molecule has 0 aliphatic carbocycles. The molecule has 4 heteroatoms. The normalized spacial score (nSPS) is 11.4. The summed E-state index contributed by atoms with van der Waals surface area (Å²) in [6.45, 7) is 3.95. The van der Waals surface area contributed by atoms with E-state index in [0.717, 1.165) is 18.2 Å². The maximum atomic E-state index is 11.4. The minimum atomic E-state index is -0.291. The number of halogens is 1. The average molecular weight is 266 g/mol. The summed E-state index contributed by atoms with van der Waals surface area (Å²) in [5.41, 5.74) is -0.291. The molecule has 0 unspecified atom stereocenters. The van der Waals surface area contributed by atoms with Gasteiger partial charge < -0.3 is 10.4 Å². The first-order valence-electron chi connectivity index (χ1n) is 4.99. The maximum absolute atomic E-state index is 11.4. The van der Waals surface area contributed by atoms with Gasteiger partial charge in [0.05, 0.1) is 0 Å². The van der Waals surface area contributed by atoms with E-state index < -0.39 is 0 Å². The molecule has 0 radical (unpaired) electrons. The second kappa shape index (κ2) is 7.23. The second-order valence-electron chi connectivity index (χ2n) is 4.05. The van der Waals surface area contributed by atoms with Crippen molar-refractivity contribution in [2.45, 2.75) is 45.1 Å². The Balaban J connectivity index is 3.69. The van der Waals surface area contributed by atoms with Crippen LogP contribution in [-0.4, -0.2) is 28.5 Å². The van der Waals surface area contributed by atoms with Crippen molar-refractivity contribution in [3.05, 3.63) is 0 Å². The van der Waals surface area contributed by atoms with Crippen molar-refractivity contribution < 1.29 is 9.90 Å². The summed E-state index contributed by atoms with van der Waals surface area (Å²) in [6, 6.07) is 0. The number of nitrogens with one attached hydrogen (secondary N) is 1. The van der Waals surface area contributed by atoms with Crippen LogP contribution in [-0.2, 0) is 4.79 Å². The molecule has 1 amide bonds. The molecule has 0 saturated carbocycles. The number of carbonyl (C=O) groups is 1. The van der Waals surface area contributed by atoms with Gasteiger partial charge in [-0.1, -0.05) is 15.9 Å². The van der Waals surface area contributed by atoms with E-state index in [1.807, 2.05) is 13.8 Å². The van der Waals surface area contributed by atoms with E-state index in [4.69, 9.17) is 5.11 Å². The molecule has 14 heavy (non-hydrogen) atoms. The molecule has 0 fully saturated rings. The van der Waals surface area contributed by atoms with Crippen molar-refractivity contribution in [1.82, 2.24) is 5.32 Å². The highest BCUT2D eigenvalue weighted by molar-refractivity contribution is 9.09. The largest absolute Gasteiger partial charge is 0.396 e. The van der Waals surface area contributed by atoms with Crippen molar-refractivity contribution >= 4 is 21.8 Å². The first-order chi connectivity index (χ1) is 6.52. The van der Waals surface area contributed by atoms with Crippen LogP contribution in [0.4, 0.5) is 0 Å². The average Bonchev–Trinajstić information content (AvgIpc) is 2.03. The van der Waals surface area contributed by atoms with Crippen LogP contribution in [0, 0.1) is 0 Å². The number of unbranched alkanes of at least 4 members (excludes halogenated alkanes) is 1. The lowest BCUT2D eigenvalue weighted by Gasteiger charge is -2.25. The molecule has 0 aliphatic heterocycles. The van der Waals surface area contributed by atoms with Gasteiger partial charge in [-0.25, -0.2) is 0 Å². The molecular weight excluding hydrogens is 246 g/mol. The minimum absolute atomic E-state index is 0.0735. The lowest BCUT2D eigenvalue weighted by Crippen LogP contribution is -2.43. The Morgan fingerprint density at radius 1 is 1.43 bits per heavy atom. The molecule has 0 atom stereocenters. The van der Waals surface area contributed by atoms with Crippen LogP contribution in [0.15, 0.2) is 0 Å². The van der Waals surface area contributed by atoms with Gasteiger partial charge in [0.1, 0.15) is 0 Å². The van der Waals surface area contributed by atoms with Crippen LogP contribution in [0.2, 0.25) is 0 Å². The predicted octanol–water partition coefficient (Wildman–Crippen LogP) is 1.83. The van der Waals surface area contributed by atoms with Crippen molar-refractivity contribution in [3.8, 4) is 0 Å². The Labute approximate surface area is 94.4 Å². The molecule has 0 saturated heterocycles. The third-order valence-corrected chi connectivity index (χ3v) is 2.56.